The van der Waals surface area contributed by atoms with Crippen molar-refractivity contribution in [1.29, 1.82) is 5.26 Å². The van der Waals surface area contributed by atoms with Crippen LogP contribution in [0.25, 0.3) is 0 Å². The summed E-state index contributed by atoms with van der Waals surface area (Å²) in [7, 11) is 0. The van der Waals surface area contributed by atoms with Crippen LogP contribution in [0.15, 0.2) is 54.6 Å². The quantitative estimate of drug-likeness (QED) is 0.484. The summed E-state index contributed by atoms with van der Waals surface area (Å²) >= 11 is 0. The van der Waals surface area contributed by atoms with Gasteiger partial charge in [0.2, 0.25) is 5.91 Å². The maximum atomic E-state index is 13.4. The van der Waals surface area contributed by atoms with Crippen LogP contribution in [-0.2, 0) is 22.6 Å². The summed E-state index contributed by atoms with van der Waals surface area (Å²) in [6.07, 6.45) is 2.15. The van der Waals surface area contributed by atoms with Crippen LogP contribution in [0, 0.1) is 31.0 Å². The molecule has 6 nitrogen and oxygen atoms in total. The number of aromatic nitrogens is 1. The number of halogens is 1. The number of carbonyl (C=O) groups excluding carboxylic acids is 1. The summed E-state index contributed by atoms with van der Waals surface area (Å²) in [4.78, 5) is 15.4. The Bertz CT molecular complexity index is 1190. The second-order valence-electron chi connectivity index (χ2n) is 9.10. The molecule has 2 heterocycles. The molecule has 1 unspecified atom stereocenters. The molecule has 1 aliphatic rings. The Balaban J connectivity index is 1.54. The topological polar surface area (TPSA) is 70.3 Å². The summed E-state index contributed by atoms with van der Waals surface area (Å²) in [5.41, 5.74) is 4.18. The molecule has 2 aromatic carbocycles. The maximum Gasteiger partial charge on any atom is 0.239 e. The summed E-state index contributed by atoms with van der Waals surface area (Å²) < 4.78 is 21.1. The largest absolute Gasteiger partial charge is 0.377 e. The number of carbonyl (C=O) groups is 1. The van der Waals surface area contributed by atoms with E-state index in [9.17, 15) is 14.4 Å². The lowest BCUT2D eigenvalue weighted by Crippen LogP contribution is -2.38. The average Bonchev–Trinajstić information content (AvgIpc) is 3.43. The van der Waals surface area contributed by atoms with Crippen molar-refractivity contribution in [3.05, 3.63) is 88.4 Å². The lowest BCUT2D eigenvalue weighted by atomic mass is 10.1. The minimum absolute atomic E-state index is 0.119. The normalized spacial score (nSPS) is 15.3. The van der Waals surface area contributed by atoms with Gasteiger partial charge in [0.05, 0.1) is 18.2 Å². The van der Waals surface area contributed by atoms with Gasteiger partial charge in [0.15, 0.2) is 0 Å². The number of rotatable bonds is 9. The molecule has 1 fully saturated rings. The Hall–Kier alpha value is -3.47. The first kappa shape index (κ1) is 24.6. The van der Waals surface area contributed by atoms with Crippen molar-refractivity contribution in [2.45, 2.75) is 45.9 Å². The van der Waals surface area contributed by atoms with E-state index in [2.05, 4.69) is 28.4 Å². The van der Waals surface area contributed by atoms with Crippen LogP contribution in [0.1, 0.15) is 40.8 Å². The third-order valence-electron chi connectivity index (χ3n) is 6.55. The first-order chi connectivity index (χ1) is 16.9. The van der Waals surface area contributed by atoms with Gasteiger partial charge in [-0.25, -0.2) is 4.39 Å². The second-order valence-corrected chi connectivity index (χ2v) is 9.10. The van der Waals surface area contributed by atoms with Gasteiger partial charge in [0.1, 0.15) is 17.7 Å². The Morgan fingerprint density at radius 3 is 2.57 bits per heavy atom. The smallest absolute Gasteiger partial charge is 0.239 e. The molecule has 3 aromatic rings. The molecule has 0 bridgehead atoms. The van der Waals surface area contributed by atoms with Crippen molar-refractivity contribution in [2.75, 3.05) is 25.0 Å². The second kappa shape index (κ2) is 11.3. The summed E-state index contributed by atoms with van der Waals surface area (Å²) in [6, 6.07) is 18.6. The van der Waals surface area contributed by atoms with E-state index in [1.807, 2.05) is 36.6 Å². The number of ether oxygens (including phenoxy) is 1. The zero-order valence-corrected chi connectivity index (χ0v) is 20.3. The molecule has 1 aliphatic heterocycles. The van der Waals surface area contributed by atoms with E-state index in [0.29, 0.717) is 31.0 Å². The highest BCUT2D eigenvalue weighted by molar-refractivity contribution is 5.93. The number of nitrogens with zero attached hydrogens (tertiary/aromatic N) is 3. The predicted molar refractivity (Wildman–Crippen MR) is 133 cm³/mol. The number of nitriles is 1. The van der Waals surface area contributed by atoms with E-state index >= 15 is 0 Å². The number of benzene rings is 2. The lowest BCUT2D eigenvalue weighted by molar-refractivity contribution is -0.117. The average molecular weight is 475 g/mol. The predicted octanol–water partition coefficient (Wildman–Crippen LogP) is 4.78. The molecule has 4 rings (SSSR count). The van der Waals surface area contributed by atoms with Gasteiger partial charge < -0.3 is 14.6 Å². The molecule has 1 N–H and O–H groups in total. The van der Waals surface area contributed by atoms with Gasteiger partial charge in [0, 0.05) is 31.9 Å². The third kappa shape index (κ3) is 6.16. The van der Waals surface area contributed by atoms with Crippen LogP contribution in [0.4, 0.5) is 10.2 Å². The monoisotopic (exact) mass is 474 g/mol. The van der Waals surface area contributed by atoms with E-state index in [0.717, 1.165) is 41.8 Å². The van der Waals surface area contributed by atoms with Crippen LogP contribution in [0.2, 0.25) is 0 Å². The molecular weight excluding hydrogens is 443 g/mol. The molecule has 1 saturated heterocycles. The van der Waals surface area contributed by atoms with Crippen molar-refractivity contribution in [2.24, 2.45) is 0 Å². The molecule has 0 radical (unpaired) electrons. The van der Waals surface area contributed by atoms with E-state index in [4.69, 9.17) is 4.74 Å². The molecule has 1 aromatic heterocycles. The van der Waals surface area contributed by atoms with Crippen LogP contribution < -0.4 is 5.32 Å². The van der Waals surface area contributed by atoms with Gasteiger partial charge in [-0.1, -0.05) is 42.5 Å². The van der Waals surface area contributed by atoms with E-state index in [-0.39, 0.29) is 24.4 Å². The van der Waals surface area contributed by atoms with Crippen LogP contribution >= 0.6 is 0 Å². The number of hydrogen-bond acceptors (Lipinski definition) is 4. The van der Waals surface area contributed by atoms with Gasteiger partial charge in [-0.05, 0) is 55.5 Å². The van der Waals surface area contributed by atoms with Crippen molar-refractivity contribution >= 4 is 11.7 Å². The van der Waals surface area contributed by atoms with Crippen molar-refractivity contribution in [1.82, 2.24) is 9.47 Å². The van der Waals surface area contributed by atoms with Crippen molar-refractivity contribution < 1.29 is 13.9 Å². The number of amides is 1. The van der Waals surface area contributed by atoms with Gasteiger partial charge in [-0.2, -0.15) is 5.26 Å². The summed E-state index contributed by atoms with van der Waals surface area (Å²) in [5, 5.41) is 12.8. The standard InChI is InChI=1S/C28H31FN4O2/c1-20-21(2)33(17-23-10-12-24(29)13-11-23)28(26(20)15-30)31-27(34)19-32(18-25-9-6-14-35-25)16-22-7-4-3-5-8-22/h3-5,7-8,10-13,25H,6,9,14,16-19H2,1-2H3,(H,31,34). The highest BCUT2D eigenvalue weighted by Gasteiger charge is 2.24. The molecule has 35 heavy (non-hydrogen) atoms. The fourth-order valence-corrected chi connectivity index (χ4v) is 4.58. The fraction of sp³-hybridized carbons (Fsp3) is 0.357. The number of hydrogen-bond donors (Lipinski definition) is 1. The minimum atomic E-state index is -0.301. The van der Waals surface area contributed by atoms with E-state index < -0.39 is 0 Å². The first-order valence-corrected chi connectivity index (χ1v) is 12.0. The summed E-state index contributed by atoms with van der Waals surface area (Å²) in [6.45, 7) is 6.47. The van der Waals surface area contributed by atoms with Gasteiger partial charge in [0.25, 0.3) is 0 Å². The molecule has 182 valence electrons. The molecule has 7 heteroatoms. The van der Waals surface area contributed by atoms with Crippen molar-refractivity contribution in [3.8, 4) is 6.07 Å². The van der Waals surface area contributed by atoms with Gasteiger partial charge >= 0.3 is 0 Å². The Labute approximate surface area is 205 Å². The molecule has 1 amide bonds. The number of nitrogens with one attached hydrogen (secondary N) is 1. The Kier molecular flexibility index (Phi) is 7.96. The fourth-order valence-electron chi connectivity index (χ4n) is 4.58. The molecular formula is C28H31FN4O2. The van der Waals surface area contributed by atoms with Gasteiger partial charge in [-0.15, -0.1) is 0 Å². The van der Waals surface area contributed by atoms with Crippen molar-refractivity contribution in [3.63, 3.8) is 0 Å². The molecule has 1 atom stereocenters. The SMILES string of the molecule is Cc1c(C#N)c(NC(=O)CN(Cc2ccccc2)CC2CCCO2)n(Cc2ccc(F)cc2)c1C. The van der Waals surface area contributed by atoms with Crippen LogP contribution in [-0.4, -0.2) is 41.2 Å². The van der Waals surface area contributed by atoms with Gasteiger partial charge in [-0.3, -0.25) is 9.69 Å². The Morgan fingerprint density at radius 2 is 1.91 bits per heavy atom. The van der Waals surface area contributed by atoms with E-state index in [1.165, 1.54) is 12.1 Å². The highest BCUT2D eigenvalue weighted by Crippen LogP contribution is 2.27. The number of anilines is 1. The lowest BCUT2D eigenvalue weighted by Gasteiger charge is -2.25. The molecule has 0 aliphatic carbocycles. The highest BCUT2D eigenvalue weighted by atomic mass is 19.1. The zero-order chi connectivity index (χ0) is 24.8. The minimum Gasteiger partial charge on any atom is -0.377 e. The van der Waals surface area contributed by atoms with E-state index in [1.54, 1.807) is 12.1 Å². The summed E-state index contributed by atoms with van der Waals surface area (Å²) in [5.74, 6) is -0.00737. The Morgan fingerprint density at radius 1 is 1.17 bits per heavy atom. The van der Waals surface area contributed by atoms with Crippen LogP contribution in [0.3, 0.4) is 0 Å². The molecule has 0 saturated carbocycles. The first-order valence-electron chi connectivity index (χ1n) is 12.0. The zero-order valence-electron chi connectivity index (χ0n) is 20.3. The van der Waals surface area contributed by atoms with Crippen LogP contribution in [0.5, 0.6) is 0 Å². The third-order valence-corrected chi connectivity index (χ3v) is 6.55. The molecule has 0 spiro atoms. The maximum absolute atomic E-state index is 13.4.